The molecule has 9 heteroatoms. The van der Waals surface area contributed by atoms with Crippen LogP contribution in [0.1, 0.15) is 42.1 Å². The van der Waals surface area contributed by atoms with Crippen LogP contribution in [-0.2, 0) is 21.4 Å². The molecular formula is C25H26N4O5. The van der Waals surface area contributed by atoms with Crippen LogP contribution in [-0.4, -0.2) is 45.5 Å². The number of nitrogens with zero attached hydrogens (tertiary/aromatic N) is 2. The SMILES string of the molecule is CC[C@H](NC(=O)OCC1c2ccccc2-c2ccccc21)C(=O)NC(C(=O)O)c1ccnn1C. The van der Waals surface area contributed by atoms with E-state index >= 15 is 0 Å². The zero-order valence-corrected chi connectivity index (χ0v) is 18.9. The largest absolute Gasteiger partial charge is 0.479 e. The van der Waals surface area contributed by atoms with Crippen LogP contribution in [0.15, 0.2) is 60.8 Å². The maximum absolute atomic E-state index is 12.7. The number of amides is 2. The number of hydrogen-bond acceptors (Lipinski definition) is 5. The number of nitrogens with one attached hydrogen (secondary N) is 2. The standard InChI is InChI=1S/C25H26N4O5/c1-3-20(23(30)28-22(24(31)32)21-12-13-26-29(21)2)27-25(33)34-14-19-17-10-6-4-8-15(17)16-9-5-7-11-18(16)19/h4-13,19-20,22H,3,14H2,1-2H3,(H,27,33)(H,28,30)(H,31,32)/t20-,22?/m0/s1. The van der Waals surface area contributed by atoms with Crippen molar-refractivity contribution in [3.8, 4) is 11.1 Å². The molecule has 1 unspecified atom stereocenters. The number of rotatable bonds is 8. The molecule has 0 aliphatic heterocycles. The number of aryl methyl sites for hydroxylation is 1. The number of carboxylic acid groups (broad SMARTS) is 1. The first-order chi connectivity index (χ1) is 16.4. The second-order valence-electron chi connectivity index (χ2n) is 8.09. The van der Waals surface area contributed by atoms with Crippen molar-refractivity contribution in [3.63, 3.8) is 0 Å². The van der Waals surface area contributed by atoms with Crippen molar-refractivity contribution in [1.82, 2.24) is 20.4 Å². The molecule has 0 spiro atoms. The van der Waals surface area contributed by atoms with E-state index in [4.69, 9.17) is 4.74 Å². The van der Waals surface area contributed by atoms with Gasteiger partial charge < -0.3 is 20.5 Å². The Bertz CT molecular complexity index is 1180. The van der Waals surface area contributed by atoms with Gasteiger partial charge in [-0.3, -0.25) is 9.48 Å². The second-order valence-corrected chi connectivity index (χ2v) is 8.09. The van der Waals surface area contributed by atoms with Gasteiger partial charge in [0, 0.05) is 19.2 Å². The Morgan fingerprint density at radius 3 is 2.18 bits per heavy atom. The zero-order chi connectivity index (χ0) is 24.2. The van der Waals surface area contributed by atoms with E-state index in [1.54, 1.807) is 14.0 Å². The van der Waals surface area contributed by atoms with Gasteiger partial charge in [0.1, 0.15) is 12.6 Å². The molecule has 176 valence electrons. The molecule has 0 radical (unpaired) electrons. The maximum Gasteiger partial charge on any atom is 0.407 e. The molecule has 1 aromatic heterocycles. The lowest BCUT2D eigenvalue weighted by Crippen LogP contribution is -2.49. The highest BCUT2D eigenvalue weighted by atomic mass is 16.5. The van der Waals surface area contributed by atoms with Crippen LogP contribution in [0.4, 0.5) is 4.79 Å². The van der Waals surface area contributed by atoms with E-state index in [1.807, 2.05) is 48.5 Å². The Morgan fingerprint density at radius 2 is 1.65 bits per heavy atom. The first kappa shape index (κ1) is 23.0. The van der Waals surface area contributed by atoms with Crippen molar-refractivity contribution in [2.45, 2.75) is 31.3 Å². The Balaban J connectivity index is 1.40. The molecule has 0 saturated carbocycles. The van der Waals surface area contributed by atoms with Gasteiger partial charge in [-0.1, -0.05) is 55.5 Å². The van der Waals surface area contributed by atoms with Gasteiger partial charge in [-0.05, 0) is 34.7 Å². The summed E-state index contributed by atoms with van der Waals surface area (Å²) in [5.41, 5.74) is 4.72. The molecule has 0 bridgehead atoms. The number of benzene rings is 2. The summed E-state index contributed by atoms with van der Waals surface area (Å²) in [6.07, 6.45) is 0.966. The van der Waals surface area contributed by atoms with E-state index in [2.05, 4.69) is 15.7 Å². The number of fused-ring (bicyclic) bond motifs is 3. The second kappa shape index (κ2) is 9.78. The fraction of sp³-hybridized carbons (Fsp3) is 0.280. The van der Waals surface area contributed by atoms with E-state index in [0.717, 1.165) is 22.3 Å². The summed E-state index contributed by atoms with van der Waals surface area (Å²) in [6.45, 7) is 1.83. The Labute approximate surface area is 196 Å². The summed E-state index contributed by atoms with van der Waals surface area (Å²) >= 11 is 0. The number of ether oxygens (including phenoxy) is 1. The molecule has 1 heterocycles. The average Bonchev–Trinajstić information content (AvgIpc) is 3.40. The lowest BCUT2D eigenvalue weighted by molar-refractivity contribution is -0.142. The van der Waals surface area contributed by atoms with Crippen LogP contribution < -0.4 is 10.6 Å². The maximum atomic E-state index is 12.7. The van der Waals surface area contributed by atoms with E-state index in [1.165, 1.54) is 16.9 Å². The number of carboxylic acids is 1. The number of hydrogen-bond donors (Lipinski definition) is 3. The van der Waals surface area contributed by atoms with Crippen LogP contribution in [0, 0.1) is 0 Å². The molecule has 2 atom stereocenters. The highest BCUT2D eigenvalue weighted by Crippen LogP contribution is 2.44. The molecular weight excluding hydrogens is 436 g/mol. The quantitative estimate of drug-likeness (QED) is 0.473. The van der Waals surface area contributed by atoms with Crippen molar-refractivity contribution in [3.05, 3.63) is 77.6 Å². The highest BCUT2D eigenvalue weighted by Gasteiger charge is 2.31. The number of alkyl carbamates (subject to hydrolysis) is 1. The minimum atomic E-state index is -1.29. The van der Waals surface area contributed by atoms with Gasteiger partial charge in [0.15, 0.2) is 6.04 Å². The van der Waals surface area contributed by atoms with Crippen LogP contribution >= 0.6 is 0 Å². The van der Waals surface area contributed by atoms with Gasteiger partial charge in [0.05, 0.1) is 5.69 Å². The fourth-order valence-electron chi connectivity index (χ4n) is 4.31. The van der Waals surface area contributed by atoms with Gasteiger partial charge in [-0.2, -0.15) is 5.10 Å². The van der Waals surface area contributed by atoms with Crippen molar-refractivity contribution < 1.29 is 24.2 Å². The molecule has 1 aliphatic rings. The fourth-order valence-corrected chi connectivity index (χ4v) is 4.31. The number of aliphatic carboxylic acids is 1. The Morgan fingerprint density at radius 1 is 1.03 bits per heavy atom. The predicted molar refractivity (Wildman–Crippen MR) is 124 cm³/mol. The monoisotopic (exact) mass is 462 g/mol. The van der Waals surface area contributed by atoms with Gasteiger partial charge in [0.25, 0.3) is 0 Å². The van der Waals surface area contributed by atoms with E-state index < -0.39 is 30.1 Å². The third-order valence-corrected chi connectivity index (χ3v) is 6.05. The molecule has 3 aromatic rings. The van der Waals surface area contributed by atoms with Crippen molar-refractivity contribution in [1.29, 1.82) is 0 Å². The topological polar surface area (TPSA) is 123 Å². The molecule has 0 saturated heterocycles. The molecule has 0 fully saturated rings. The van der Waals surface area contributed by atoms with Crippen LogP contribution in [0.5, 0.6) is 0 Å². The van der Waals surface area contributed by atoms with Crippen LogP contribution in [0.25, 0.3) is 11.1 Å². The van der Waals surface area contributed by atoms with Crippen molar-refractivity contribution in [2.24, 2.45) is 7.05 Å². The van der Waals surface area contributed by atoms with Gasteiger partial charge >= 0.3 is 12.1 Å². The van der Waals surface area contributed by atoms with Crippen molar-refractivity contribution >= 4 is 18.0 Å². The molecule has 9 nitrogen and oxygen atoms in total. The first-order valence-electron chi connectivity index (χ1n) is 11.0. The summed E-state index contributed by atoms with van der Waals surface area (Å²) in [6, 6.07) is 15.3. The van der Waals surface area contributed by atoms with Crippen molar-refractivity contribution in [2.75, 3.05) is 6.61 Å². The smallest absolute Gasteiger partial charge is 0.407 e. The lowest BCUT2D eigenvalue weighted by atomic mass is 9.98. The van der Waals surface area contributed by atoms with E-state index in [9.17, 15) is 19.5 Å². The normalized spacial score (nSPS) is 13.9. The minimum absolute atomic E-state index is 0.103. The average molecular weight is 463 g/mol. The molecule has 34 heavy (non-hydrogen) atoms. The predicted octanol–water partition coefficient (Wildman–Crippen LogP) is 2.98. The van der Waals surface area contributed by atoms with Gasteiger partial charge in [0.2, 0.25) is 5.91 Å². The molecule has 2 aromatic carbocycles. The van der Waals surface area contributed by atoms with E-state index in [0.29, 0.717) is 5.69 Å². The molecule has 1 aliphatic carbocycles. The number of carbonyl (C=O) groups excluding carboxylic acids is 2. The summed E-state index contributed by atoms with van der Waals surface area (Å²) in [7, 11) is 1.59. The Kier molecular flexibility index (Phi) is 6.62. The van der Waals surface area contributed by atoms with Crippen LogP contribution in [0.2, 0.25) is 0 Å². The summed E-state index contributed by atoms with van der Waals surface area (Å²) in [5, 5.41) is 18.5. The lowest BCUT2D eigenvalue weighted by Gasteiger charge is -2.21. The van der Waals surface area contributed by atoms with Gasteiger partial charge in [-0.15, -0.1) is 0 Å². The summed E-state index contributed by atoms with van der Waals surface area (Å²) in [5.74, 6) is -1.95. The third-order valence-electron chi connectivity index (χ3n) is 6.05. The minimum Gasteiger partial charge on any atom is -0.479 e. The molecule has 4 rings (SSSR count). The summed E-state index contributed by atoms with van der Waals surface area (Å²) < 4.78 is 6.88. The number of aromatic nitrogens is 2. The Hall–Kier alpha value is -4.14. The van der Waals surface area contributed by atoms with Gasteiger partial charge in [-0.25, -0.2) is 9.59 Å². The first-order valence-corrected chi connectivity index (χ1v) is 11.0. The third kappa shape index (κ3) is 4.50. The zero-order valence-electron chi connectivity index (χ0n) is 18.9. The summed E-state index contributed by atoms with van der Waals surface area (Å²) in [4.78, 5) is 37.0. The number of carbonyl (C=O) groups is 3. The van der Waals surface area contributed by atoms with Crippen LogP contribution in [0.3, 0.4) is 0 Å². The molecule has 2 amide bonds. The highest BCUT2D eigenvalue weighted by molar-refractivity contribution is 5.89. The van der Waals surface area contributed by atoms with E-state index in [-0.39, 0.29) is 18.9 Å². The molecule has 3 N–H and O–H groups in total.